The molecule has 2 aromatic rings. The summed E-state index contributed by atoms with van der Waals surface area (Å²) in [6, 6.07) is 1.83. The zero-order chi connectivity index (χ0) is 8.84. The fraction of sp³-hybridized carbons (Fsp3) is 0. The first-order valence-electron chi connectivity index (χ1n) is 3.70. The summed E-state index contributed by atoms with van der Waals surface area (Å²) in [4.78, 5) is 5.33. The van der Waals surface area contributed by atoms with Crippen LogP contribution in [0.3, 0.4) is 0 Å². The molecule has 4 rings (SSSR count). The minimum atomic E-state index is 0.771. The number of aromatic nitrogens is 2. The third-order valence-corrected chi connectivity index (χ3v) is 3.80. The molecule has 2 bridgehead atoms. The van der Waals surface area contributed by atoms with Crippen LogP contribution in [0.1, 0.15) is 0 Å². The molecule has 13 heavy (non-hydrogen) atoms. The highest BCUT2D eigenvalue weighted by Crippen LogP contribution is 2.48. The molecule has 0 amide bonds. The van der Waals surface area contributed by atoms with Gasteiger partial charge in [0.2, 0.25) is 0 Å². The second-order valence-corrected chi connectivity index (χ2v) is 4.55. The fourth-order valence-electron chi connectivity index (χ4n) is 1.28. The number of rotatable bonds is 1. The number of nitrogens with zero attached hydrogens (tertiary/aromatic N) is 2. The Labute approximate surface area is 82.6 Å². The number of thiazole rings is 1. The Hall–Kier alpha value is -1.07. The quantitative estimate of drug-likeness (QED) is 0.453. The highest BCUT2D eigenvalue weighted by molar-refractivity contribution is 8.00. The van der Waals surface area contributed by atoms with Crippen LogP contribution in [0, 0.1) is 5.21 Å². The maximum Gasteiger partial charge on any atom is 0.267 e. The van der Waals surface area contributed by atoms with Crippen LogP contribution >= 0.6 is 23.1 Å². The van der Waals surface area contributed by atoms with E-state index in [4.69, 9.17) is 0 Å². The first kappa shape index (κ1) is 7.34. The van der Waals surface area contributed by atoms with Crippen molar-refractivity contribution in [2.45, 2.75) is 9.92 Å². The Kier molecular flexibility index (Phi) is 1.39. The molecule has 0 atom stereocenters. The van der Waals surface area contributed by atoms with Crippen molar-refractivity contribution in [3.8, 4) is 10.6 Å². The van der Waals surface area contributed by atoms with E-state index in [9.17, 15) is 5.21 Å². The molecular weight excluding hydrogens is 204 g/mol. The molecule has 64 valence electrons. The van der Waals surface area contributed by atoms with E-state index in [0.29, 0.717) is 0 Å². The van der Waals surface area contributed by atoms with E-state index >= 15 is 0 Å². The van der Waals surface area contributed by atoms with Gasteiger partial charge in [-0.25, -0.2) is 4.98 Å². The summed E-state index contributed by atoms with van der Waals surface area (Å²) in [6.45, 7) is 0. The van der Waals surface area contributed by atoms with E-state index in [1.807, 2.05) is 11.4 Å². The first-order valence-corrected chi connectivity index (χ1v) is 5.40. The normalized spacial score (nSPS) is 12.6. The number of pyridine rings is 1. The predicted octanol–water partition coefficient (Wildman–Crippen LogP) is 1.91. The lowest BCUT2D eigenvalue weighted by atomic mass is 10.3. The molecule has 0 radical (unpaired) electrons. The van der Waals surface area contributed by atoms with Gasteiger partial charge in [0.1, 0.15) is 10.6 Å². The van der Waals surface area contributed by atoms with Crippen LogP contribution in [0.15, 0.2) is 33.8 Å². The molecule has 0 saturated heterocycles. The van der Waals surface area contributed by atoms with Crippen LogP contribution < -0.4 is 4.73 Å². The summed E-state index contributed by atoms with van der Waals surface area (Å²) in [7, 11) is 0. The highest BCUT2D eigenvalue weighted by Gasteiger charge is 2.31. The van der Waals surface area contributed by atoms with Crippen LogP contribution in [0.2, 0.25) is 0 Å². The zero-order valence-electron chi connectivity index (χ0n) is 6.43. The van der Waals surface area contributed by atoms with Crippen molar-refractivity contribution in [2.24, 2.45) is 0 Å². The molecule has 0 aliphatic carbocycles. The maximum atomic E-state index is 11.3. The molecule has 3 nitrogen and oxygen atoms in total. The van der Waals surface area contributed by atoms with Gasteiger partial charge in [-0.1, -0.05) is 0 Å². The molecule has 0 N–H and O–H groups in total. The van der Waals surface area contributed by atoms with E-state index in [1.165, 1.54) is 18.0 Å². The van der Waals surface area contributed by atoms with Crippen molar-refractivity contribution < 1.29 is 4.73 Å². The topological polar surface area (TPSA) is 39.8 Å². The van der Waals surface area contributed by atoms with E-state index in [2.05, 4.69) is 4.98 Å². The molecule has 0 unspecified atom stereocenters. The van der Waals surface area contributed by atoms with E-state index < -0.39 is 0 Å². The smallest absolute Gasteiger partial charge is 0.267 e. The standard InChI is InChI=1S/C8H4N2OS2/c11-10-3-1-5-6(8(10)13-5)7-9-2-4-12-7/h1-4H. The first-order chi connectivity index (χ1) is 6.36. The average molecular weight is 208 g/mol. The Morgan fingerprint density at radius 2 is 2.38 bits per heavy atom. The van der Waals surface area contributed by atoms with Crippen molar-refractivity contribution in [3.05, 3.63) is 29.0 Å². The van der Waals surface area contributed by atoms with Crippen LogP contribution in [0.25, 0.3) is 10.6 Å². The summed E-state index contributed by atoms with van der Waals surface area (Å²) in [6.07, 6.45) is 3.30. The monoisotopic (exact) mass is 208 g/mol. The summed E-state index contributed by atoms with van der Waals surface area (Å²) < 4.78 is 0.897. The molecule has 5 heteroatoms. The van der Waals surface area contributed by atoms with Gasteiger partial charge in [0.05, 0.1) is 0 Å². The van der Waals surface area contributed by atoms with Crippen molar-refractivity contribution >= 4 is 23.1 Å². The minimum Gasteiger partial charge on any atom is -0.618 e. The molecule has 2 aliphatic rings. The van der Waals surface area contributed by atoms with Gasteiger partial charge < -0.3 is 5.21 Å². The van der Waals surface area contributed by atoms with Gasteiger partial charge in [-0.05, 0) is 11.8 Å². The van der Waals surface area contributed by atoms with Crippen LogP contribution in [0.5, 0.6) is 0 Å². The molecule has 0 fully saturated rings. The molecular formula is C8H4N2OS2. The van der Waals surface area contributed by atoms with Crippen molar-refractivity contribution in [1.82, 2.24) is 4.98 Å². The molecule has 4 heterocycles. The number of hydrogen-bond donors (Lipinski definition) is 0. The Bertz CT molecular complexity index is 467. The van der Waals surface area contributed by atoms with Crippen molar-refractivity contribution in [2.75, 3.05) is 0 Å². The van der Waals surface area contributed by atoms with Gasteiger partial charge in [-0.2, -0.15) is 4.73 Å². The van der Waals surface area contributed by atoms with Crippen LogP contribution in [0.4, 0.5) is 0 Å². The Morgan fingerprint density at radius 1 is 1.46 bits per heavy atom. The van der Waals surface area contributed by atoms with Crippen molar-refractivity contribution in [1.29, 1.82) is 0 Å². The third-order valence-electron chi connectivity index (χ3n) is 1.87. The summed E-state index contributed by atoms with van der Waals surface area (Å²) in [5.41, 5.74) is 1.01. The molecule has 2 aromatic heterocycles. The lowest BCUT2D eigenvalue weighted by molar-refractivity contribution is -0.646. The summed E-state index contributed by atoms with van der Waals surface area (Å²) in [5.74, 6) is 0. The SMILES string of the molecule is [O-][n+]1ccc2c(-c3nccs3)c1S2. The zero-order valence-corrected chi connectivity index (χ0v) is 8.06. The number of fused-ring (bicyclic) bond motifs is 2. The van der Waals surface area contributed by atoms with Gasteiger partial charge in [0, 0.05) is 22.5 Å². The molecule has 0 saturated carbocycles. The summed E-state index contributed by atoms with van der Waals surface area (Å²) >= 11 is 3.08. The van der Waals surface area contributed by atoms with E-state index in [0.717, 1.165) is 25.2 Å². The van der Waals surface area contributed by atoms with E-state index in [1.54, 1.807) is 17.5 Å². The van der Waals surface area contributed by atoms with Gasteiger partial charge in [0.15, 0.2) is 6.20 Å². The Balaban J connectivity index is 2.25. The lowest BCUT2D eigenvalue weighted by Gasteiger charge is -2.18. The summed E-state index contributed by atoms with van der Waals surface area (Å²) in [5, 5.41) is 14.9. The molecule has 2 aliphatic heterocycles. The van der Waals surface area contributed by atoms with Gasteiger partial charge >= 0.3 is 0 Å². The van der Waals surface area contributed by atoms with E-state index in [-0.39, 0.29) is 0 Å². The third kappa shape index (κ3) is 0.911. The predicted molar refractivity (Wildman–Crippen MR) is 50.6 cm³/mol. The van der Waals surface area contributed by atoms with Gasteiger partial charge in [-0.15, -0.1) is 11.3 Å². The largest absolute Gasteiger partial charge is 0.618 e. The number of hydrogen-bond acceptors (Lipinski definition) is 4. The molecule has 0 spiro atoms. The molecule has 0 aromatic carbocycles. The Morgan fingerprint density at radius 3 is 3.00 bits per heavy atom. The van der Waals surface area contributed by atoms with Gasteiger partial charge in [0.25, 0.3) is 5.03 Å². The average Bonchev–Trinajstić information content (AvgIpc) is 2.56. The van der Waals surface area contributed by atoms with Crippen LogP contribution in [-0.2, 0) is 0 Å². The second-order valence-electron chi connectivity index (χ2n) is 2.63. The minimum absolute atomic E-state index is 0.771. The van der Waals surface area contributed by atoms with Crippen LogP contribution in [-0.4, -0.2) is 4.98 Å². The fourth-order valence-corrected chi connectivity index (χ4v) is 3.05. The van der Waals surface area contributed by atoms with Crippen molar-refractivity contribution in [3.63, 3.8) is 0 Å². The highest BCUT2D eigenvalue weighted by atomic mass is 32.2. The second kappa shape index (κ2) is 2.46. The van der Waals surface area contributed by atoms with Gasteiger partial charge in [-0.3, -0.25) is 0 Å². The maximum absolute atomic E-state index is 11.3. The lowest BCUT2D eigenvalue weighted by Crippen LogP contribution is -2.32.